The Hall–Kier alpha value is -1.26. The van der Waals surface area contributed by atoms with Gasteiger partial charge in [-0.2, -0.15) is 0 Å². The maximum Gasteiger partial charge on any atom is 0.0609 e. The Morgan fingerprint density at radius 2 is 1.80 bits per heavy atom. The number of nitrogens with zero attached hydrogens (tertiary/aromatic N) is 1. The Bertz CT molecular complexity index is 426. The van der Waals surface area contributed by atoms with Gasteiger partial charge in [-0.05, 0) is 62.8 Å². The van der Waals surface area contributed by atoms with Crippen LogP contribution in [0.5, 0.6) is 0 Å². The number of benzene rings is 1. The van der Waals surface area contributed by atoms with Gasteiger partial charge in [-0.1, -0.05) is 0 Å². The number of piperidine rings is 1. The molecule has 110 valence electrons. The van der Waals surface area contributed by atoms with Crippen LogP contribution in [0.2, 0.25) is 0 Å². The van der Waals surface area contributed by atoms with Gasteiger partial charge in [0.25, 0.3) is 0 Å². The van der Waals surface area contributed by atoms with E-state index >= 15 is 0 Å². The number of hydrogen-bond acceptors (Lipinski definition) is 4. The van der Waals surface area contributed by atoms with E-state index in [-0.39, 0.29) is 0 Å². The fraction of sp³-hybridized carbons (Fsp3) is 0.625. The van der Waals surface area contributed by atoms with Crippen LogP contribution in [0.25, 0.3) is 0 Å². The van der Waals surface area contributed by atoms with Gasteiger partial charge in [-0.25, -0.2) is 0 Å². The molecule has 4 nitrogen and oxygen atoms in total. The Balaban J connectivity index is 1.55. The maximum atomic E-state index is 6.03. The molecule has 4 heteroatoms. The minimum Gasteiger partial charge on any atom is -0.375 e. The summed E-state index contributed by atoms with van der Waals surface area (Å²) in [4.78, 5) is 2.47. The highest BCUT2D eigenvalue weighted by atomic mass is 16.5. The van der Waals surface area contributed by atoms with Crippen molar-refractivity contribution in [1.29, 1.82) is 0 Å². The van der Waals surface area contributed by atoms with Crippen molar-refractivity contribution < 1.29 is 4.74 Å². The third kappa shape index (κ3) is 2.91. The molecule has 3 rings (SSSR count). The molecule has 2 heterocycles. The number of anilines is 2. The molecule has 2 saturated heterocycles. The smallest absolute Gasteiger partial charge is 0.0609 e. The average molecular weight is 275 g/mol. The van der Waals surface area contributed by atoms with Crippen molar-refractivity contribution in [3.63, 3.8) is 0 Å². The quantitative estimate of drug-likeness (QED) is 0.658. The van der Waals surface area contributed by atoms with Gasteiger partial charge in [0, 0.05) is 24.5 Å². The van der Waals surface area contributed by atoms with Gasteiger partial charge in [0.2, 0.25) is 0 Å². The SMILES string of the molecule is CC1CCC(C2CCN(c3ccc(NN)cc3)CC2)O1. The van der Waals surface area contributed by atoms with E-state index in [1.165, 1.54) is 31.4 Å². The molecule has 0 radical (unpaired) electrons. The first-order chi connectivity index (χ1) is 9.76. The van der Waals surface area contributed by atoms with Gasteiger partial charge in [0.15, 0.2) is 0 Å². The monoisotopic (exact) mass is 275 g/mol. The topological polar surface area (TPSA) is 50.5 Å². The van der Waals surface area contributed by atoms with Crippen LogP contribution in [0.4, 0.5) is 11.4 Å². The molecular weight excluding hydrogens is 250 g/mol. The molecule has 20 heavy (non-hydrogen) atoms. The van der Waals surface area contributed by atoms with Gasteiger partial charge in [0.05, 0.1) is 12.2 Å². The van der Waals surface area contributed by atoms with Crippen LogP contribution in [0.3, 0.4) is 0 Å². The minimum atomic E-state index is 0.467. The summed E-state index contributed by atoms with van der Waals surface area (Å²) in [5.41, 5.74) is 4.92. The van der Waals surface area contributed by atoms with E-state index in [1.54, 1.807) is 0 Å². The second-order valence-corrected chi connectivity index (χ2v) is 6.08. The number of nitrogens with one attached hydrogen (secondary N) is 1. The van der Waals surface area contributed by atoms with Crippen LogP contribution >= 0.6 is 0 Å². The van der Waals surface area contributed by atoms with Crippen molar-refractivity contribution in [3.05, 3.63) is 24.3 Å². The first-order valence-electron chi connectivity index (χ1n) is 7.73. The number of nitrogens with two attached hydrogens (primary N) is 1. The molecule has 1 aromatic rings. The lowest BCUT2D eigenvalue weighted by Crippen LogP contribution is -2.37. The summed E-state index contributed by atoms with van der Waals surface area (Å²) < 4.78 is 6.03. The van der Waals surface area contributed by atoms with Crippen LogP contribution < -0.4 is 16.2 Å². The first kappa shape index (κ1) is 13.7. The van der Waals surface area contributed by atoms with Crippen LogP contribution in [0.15, 0.2) is 24.3 Å². The van der Waals surface area contributed by atoms with Gasteiger partial charge in [0.1, 0.15) is 0 Å². The number of hydrogen-bond donors (Lipinski definition) is 2. The molecule has 3 N–H and O–H groups in total. The highest BCUT2D eigenvalue weighted by Gasteiger charge is 2.32. The number of hydrazine groups is 1. The molecule has 2 aliphatic rings. The summed E-state index contributed by atoms with van der Waals surface area (Å²) in [7, 11) is 0. The fourth-order valence-electron chi connectivity index (χ4n) is 3.48. The summed E-state index contributed by atoms with van der Waals surface area (Å²) in [6, 6.07) is 8.35. The summed E-state index contributed by atoms with van der Waals surface area (Å²) >= 11 is 0. The zero-order valence-electron chi connectivity index (χ0n) is 12.2. The number of nitrogen functional groups attached to an aromatic ring is 1. The largest absolute Gasteiger partial charge is 0.375 e. The molecule has 1 aromatic carbocycles. The lowest BCUT2D eigenvalue weighted by atomic mass is 9.89. The van der Waals surface area contributed by atoms with E-state index in [4.69, 9.17) is 10.6 Å². The molecule has 0 amide bonds. The summed E-state index contributed by atoms with van der Waals surface area (Å²) in [6.45, 7) is 4.46. The summed E-state index contributed by atoms with van der Waals surface area (Å²) in [5, 5.41) is 0. The van der Waals surface area contributed by atoms with Gasteiger partial charge < -0.3 is 15.1 Å². The molecular formula is C16H25N3O. The van der Waals surface area contributed by atoms with Gasteiger partial charge >= 0.3 is 0 Å². The third-order valence-corrected chi connectivity index (χ3v) is 4.73. The van der Waals surface area contributed by atoms with Crippen molar-refractivity contribution in [2.24, 2.45) is 11.8 Å². The van der Waals surface area contributed by atoms with E-state index in [9.17, 15) is 0 Å². The summed E-state index contributed by atoms with van der Waals surface area (Å²) in [5.74, 6) is 6.15. The van der Waals surface area contributed by atoms with E-state index in [2.05, 4.69) is 29.4 Å². The van der Waals surface area contributed by atoms with Crippen LogP contribution in [0, 0.1) is 5.92 Å². The predicted octanol–water partition coefficient (Wildman–Crippen LogP) is 2.76. The van der Waals surface area contributed by atoms with Crippen molar-refractivity contribution in [2.75, 3.05) is 23.4 Å². The fourth-order valence-corrected chi connectivity index (χ4v) is 3.48. The standard InChI is InChI=1S/C16H25N3O/c1-12-2-7-16(20-12)13-8-10-19(11-9-13)15-5-3-14(18-17)4-6-15/h3-6,12-13,16,18H,2,7-11,17H2,1H3. The van der Waals surface area contributed by atoms with Gasteiger partial charge in [-0.15, -0.1) is 0 Å². The Kier molecular flexibility index (Phi) is 4.13. The van der Waals surface area contributed by atoms with Gasteiger partial charge in [-0.3, -0.25) is 5.84 Å². The molecule has 0 bridgehead atoms. The maximum absolute atomic E-state index is 6.03. The van der Waals surface area contributed by atoms with E-state index in [0.29, 0.717) is 12.2 Å². The molecule has 2 fully saturated rings. The molecule has 0 aliphatic carbocycles. The lowest BCUT2D eigenvalue weighted by Gasteiger charge is -2.36. The predicted molar refractivity (Wildman–Crippen MR) is 82.8 cm³/mol. The molecule has 0 spiro atoms. The van der Waals surface area contributed by atoms with E-state index in [0.717, 1.165) is 24.7 Å². The zero-order valence-corrected chi connectivity index (χ0v) is 12.2. The van der Waals surface area contributed by atoms with E-state index in [1.807, 2.05) is 12.1 Å². The normalized spacial score (nSPS) is 27.8. The van der Waals surface area contributed by atoms with E-state index < -0.39 is 0 Å². The average Bonchev–Trinajstić information content (AvgIpc) is 2.94. The molecule has 2 atom stereocenters. The minimum absolute atomic E-state index is 0.467. The highest BCUT2D eigenvalue weighted by Crippen LogP contribution is 2.33. The molecule has 0 saturated carbocycles. The Morgan fingerprint density at radius 3 is 2.35 bits per heavy atom. The third-order valence-electron chi connectivity index (χ3n) is 4.73. The number of ether oxygens (including phenoxy) is 1. The second-order valence-electron chi connectivity index (χ2n) is 6.08. The summed E-state index contributed by atoms with van der Waals surface area (Å²) in [6.07, 6.45) is 5.95. The van der Waals surface area contributed by atoms with Crippen LogP contribution in [-0.4, -0.2) is 25.3 Å². The van der Waals surface area contributed by atoms with Crippen LogP contribution in [-0.2, 0) is 4.74 Å². The van der Waals surface area contributed by atoms with Crippen LogP contribution in [0.1, 0.15) is 32.6 Å². The van der Waals surface area contributed by atoms with Crippen molar-refractivity contribution in [3.8, 4) is 0 Å². The molecule has 2 aliphatic heterocycles. The van der Waals surface area contributed by atoms with Crippen molar-refractivity contribution >= 4 is 11.4 Å². The number of rotatable bonds is 3. The van der Waals surface area contributed by atoms with Crippen molar-refractivity contribution in [2.45, 2.75) is 44.8 Å². The second kappa shape index (κ2) is 6.02. The lowest BCUT2D eigenvalue weighted by molar-refractivity contribution is 0.0123. The van der Waals surface area contributed by atoms with Crippen molar-refractivity contribution in [1.82, 2.24) is 0 Å². The molecule has 0 aromatic heterocycles. The highest BCUT2D eigenvalue weighted by molar-refractivity contribution is 5.54. The first-order valence-corrected chi connectivity index (χ1v) is 7.73. The Morgan fingerprint density at radius 1 is 1.10 bits per heavy atom. The zero-order chi connectivity index (χ0) is 13.9. The molecule has 2 unspecified atom stereocenters. The Labute approximate surface area is 121 Å².